The molecule has 1 fully saturated rings. The first-order valence-electron chi connectivity index (χ1n) is 8.88. The zero-order valence-corrected chi connectivity index (χ0v) is 14.7. The maximum Gasteiger partial charge on any atom is 0.228 e. The quantitative estimate of drug-likeness (QED) is 0.845. The third kappa shape index (κ3) is 3.61. The van der Waals surface area contributed by atoms with Crippen LogP contribution in [0.2, 0.25) is 0 Å². The Balaban J connectivity index is 1.46. The van der Waals surface area contributed by atoms with Gasteiger partial charge in [0.1, 0.15) is 0 Å². The van der Waals surface area contributed by atoms with Crippen molar-refractivity contribution < 1.29 is 9.59 Å². The van der Waals surface area contributed by atoms with Crippen LogP contribution in [-0.2, 0) is 16.0 Å². The highest BCUT2D eigenvalue weighted by atomic mass is 16.2. The third-order valence-corrected chi connectivity index (χ3v) is 5.21. The lowest BCUT2D eigenvalue weighted by molar-refractivity contribution is -0.134. The number of para-hydroxylation sites is 1. The number of hydrogen-bond acceptors (Lipinski definition) is 3. The molecule has 0 saturated carbocycles. The zero-order valence-electron chi connectivity index (χ0n) is 14.7. The van der Waals surface area contributed by atoms with Gasteiger partial charge >= 0.3 is 0 Å². The van der Waals surface area contributed by atoms with Crippen LogP contribution in [0, 0.1) is 5.92 Å². The van der Waals surface area contributed by atoms with Crippen LogP contribution in [-0.4, -0.2) is 61.9 Å². The van der Waals surface area contributed by atoms with Gasteiger partial charge in [-0.1, -0.05) is 18.2 Å². The Bertz CT molecular complexity index is 606. The van der Waals surface area contributed by atoms with E-state index in [2.05, 4.69) is 11.0 Å². The smallest absolute Gasteiger partial charge is 0.228 e. The van der Waals surface area contributed by atoms with Crippen molar-refractivity contribution in [2.45, 2.75) is 25.7 Å². The second kappa shape index (κ2) is 7.34. The van der Waals surface area contributed by atoms with Gasteiger partial charge in [-0.25, -0.2) is 0 Å². The average Bonchev–Trinajstić information content (AvgIpc) is 3.03. The van der Waals surface area contributed by atoms with Gasteiger partial charge in [0.2, 0.25) is 11.8 Å². The Labute approximate surface area is 144 Å². The van der Waals surface area contributed by atoms with Crippen LogP contribution in [0.4, 0.5) is 5.69 Å². The number of fused-ring (bicyclic) bond motifs is 1. The van der Waals surface area contributed by atoms with Crippen LogP contribution in [0.3, 0.4) is 0 Å². The normalized spacial score (nSPS) is 18.5. The number of anilines is 1. The first kappa shape index (κ1) is 17.0. The highest BCUT2D eigenvalue weighted by Crippen LogP contribution is 2.28. The number of carbonyl (C=O) groups is 2. The molecule has 0 aromatic heterocycles. The van der Waals surface area contributed by atoms with Crippen LogP contribution in [0.15, 0.2) is 24.3 Å². The lowest BCUT2D eigenvalue weighted by Crippen LogP contribution is -2.41. The summed E-state index contributed by atoms with van der Waals surface area (Å²) in [7, 11) is 3.64. The molecule has 2 amide bonds. The van der Waals surface area contributed by atoms with Crippen molar-refractivity contribution in [2.75, 3.05) is 45.2 Å². The van der Waals surface area contributed by atoms with E-state index in [1.807, 2.05) is 37.2 Å². The van der Waals surface area contributed by atoms with E-state index in [9.17, 15) is 9.59 Å². The average molecular weight is 329 g/mol. The second-order valence-corrected chi connectivity index (χ2v) is 7.02. The first-order valence-corrected chi connectivity index (χ1v) is 8.88. The summed E-state index contributed by atoms with van der Waals surface area (Å²) in [6, 6.07) is 8.18. The number of hydrogen-bond donors (Lipinski definition) is 0. The van der Waals surface area contributed by atoms with Crippen LogP contribution >= 0.6 is 0 Å². The highest BCUT2D eigenvalue weighted by Gasteiger charge is 2.27. The van der Waals surface area contributed by atoms with Crippen LogP contribution in [0.25, 0.3) is 0 Å². The second-order valence-electron chi connectivity index (χ2n) is 7.02. The molecule has 0 bridgehead atoms. The Morgan fingerprint density at radius 3 is 2.54 bits per heavy atom. The number of nitrogens with zero attached hydrogens (tertiary/aromatic N) is 3. The number of amides is 2. The van der Waals surface area contributed by atoms with E-state index in [0.29, 0.717) is 6.42 Å². The van der Waals surface area contributed by atoms with Crippen LogP contribution in [0.1, 0.15) is 24.8 Å². The summed E-state index contributed by atoms with van der Waals surface area (Å²) in [5, 5.41) is 0. The molecule has 0 spiro atoms. The highest BCUT2D eigenvalue weighted by molar-refractivity contribution is 5.95. The number of piperidine rings is 1. The van der Waals surface area contributed by atoms with E-state index >= 15 is 0 Å². The van der Waals surface area contributed by atoms with Crippen molar-refractivity contribution in [3.05, 3.63) is 29.8 Å². The molecule has 0 aliphatic carbocycles. The van der Waals surface area contributed by atoms with Gasteiger partial charge in [0.15, 0.2) is 0 Å². The first-order chi connectivity index (χ1) is 11.6. The minimum absolute atomic E-state index is 0.150. The molecule has 24 heavy (non-hydrogen) atoms. The molecule has 1 saturated heterocycles. The minimum atomic E-state index is 0.150. The molecule has 0 atom stereocenters. The summed E-state index contributed by atoms with van der Waals surface area (Å²) in [5.74, 6) is 0.600. The van der Waals surface area contributed by atoms with Crippen LogP contribution in [0.5, 0.6) is 0 Å². The fraction of sp³-hybridized carbons (Fsp3) is 0.579. The van der Waals surface area contributed by atoms with Crippen molar-refractivity contribution in [3.8, 4) is 0 Å². The lowest BCUT2D eigenvalue weighted by atomic mass is 9.95. The molecule has 2 aliphatic heterocycles. The standard InChI is InChI=1S/C19H27N3O2/c1-20(2)19(24)16-7-11-21(12-8-16)13-10-18(23)22-14-9-15-5-3-4-6-17(15)22/h3-6,16H,7-14H2,1-2H3. The predicted molar refractivity (Wildman–Crippen MR) is 95.0 cm³/mol. The summed E-state index contributed by atoms with van der Waals surface area (Å²) in [5.41, 5.74) is 2.35. The Morgan fingerprint density at radius 1 is 1.12 bits per heavy atom. The van der Waals surface area contributed by atoms with Crippen molar-refractivity contribution in [3.63, 3.8) is 0 Å². The van der Waals surface area contributed by atoms with E-state index in [-0.39, 0.29) is 17.7 Å². The summed E-state index contributed by atoms with van der Waals surface area (Å²) in [6.07, 6.45) is 3.32. The van der Waals surface area contributed by atoms with Gasteiger partial charge in [0.05, 0.1) is 0 Å². The van der Waals surface area contributed by atoms with Gasteiger partial charge in [-0.15, -0.1) is 0 Å². The molecule has 1 aromatic carbocycles. The van der Waals surface area contributed by atoms with Crippen molar-refractivity contribution in [1.82, 2.24) is 9.80 Å². The Hall–Kier alpha value is -1.88. The molecule has 130 valence electrons. The fourth-order valence-electron chi connectivity index (χ4n) is 3.75. The molecule has 2 aliphatic rings. The van der Waals surface area contributed by atoms with Gasteiger partial charge in [-0.2, -0.15) is 0 Å². The van der Waals surface area contributed by atoms with Crippen molar-refractivity contribution >= 4 is 17.5 Å². The molecular weight excluding hydrogens is 302 g/mol. The maximum absolute atomic E-state index is 12.6. The number of likely N-dealkylation sites (tertiary alicyclic amines) is 1. The fourth-order valence-corrected chi connectivity index (χ4v) is 3.75. The zero-order chi connectivity index (χ0) is 17.1. The van der Waals surface area contributed by atoms with E-state index in [0.717, 1.165) is 51.1 Å². The minimum Gasteiger partial charge on any atom is -0.349 e. The molecule has 0 unspecified atom stereocenters. The van der Waals surface area contributed by atoms with Gasteiger partial charge in [-0.05, 0) is 44.0 Å². The Kier molecular flexibility index (Phi) is 5.19. The molecular formula is C19H27N3O2. The maximum atomic E-state index is 12.6. The van der Waals surface area contributed by atoms with Gasteiger partial charge in [0.25, 0.3) is 0 Å². The number of benzene rings is 1. The SMILES string of the molecule is CN(C)C(=O)C1CCN(CCC(=O)N2CCc3ccccc32)CC1. The predicted octanol–water partition coefficient (Wildman–Crippen LogP) is 1.77. The van der Waals surface area contributed by atoms with E-state index in [1.54, 1.807) is 4.90 Å². The van der Waals surface area contributed by atoms with E-state index in [1.165, 1.54) is 5.56 Å². The molecule has 5 heteroatoms. The topological polar surface area (TPSA) is 43.9 Å². The summed E-state index contributed by atoms with van der Waals surface area (Å²) in [6.45, 7) is 3.42. The summed E-state index contributed by atoms with van der Waals surface area (Å²) < 4.78 is 0. The molecule has 1 aromatic rings. The molecule has 0 radical (unpaired) electrons. The van der Waals surface area contributed by atoms with Crippen molar-refractivity contribution in [2.24, 2.45) is 5.92 Å². The Morgan fingerprint density at radius 2 is 1.83 bits per heavy atom. The molecule has 5 nitrogen and oxygen atoms in total. The molecule has 2 heterocycles. The third-order valence-electron chi connectivity index (χ3n) is 5.21. The number of rotatable bonds is 4. The number of carbonyl (C=O) groups excluding carboxylic acids is 2. The van der Waals surface area contributed by atoms with E-state index < -0.39 is 0 Å². The van der Waals surface area contributed by atoms with Gasteiger partial charge in [-0.3, -0.25) is 9.59 Å². The summed E-state index contributed by atoms with van der Waals surface area (Å²) >= 11 is 0. The van der Waals surface area contributed by atoms with Crippen molar-refractivity contribution in [1.29, 1.82) is 0 Å². The van der Waals surface area contributed by atoms with Gasteiger partial charge in [0, 0.05) is 45.2 Å². The molecule has 0 N–H and O–H groups in total. The molecule has 3 rings (SSSR count). The largest absolute Gasteiger partial charge is 0.349 e. The van der Waals surface area contributed by atoms with Gasteiger partial charge < -0.3 is 14.7 Å². The van der Waals surface area contributed by atoms with E-state index in [4.69, 9.17) is 0 Å². The van der Waals surface area contributed by atoms with Crippen LogP contribution < -0.4 is 4.90 Å². The monoisotopic (exact) mass is 329 g/mol. The summed E-state index contributed by atoms with van der Waals surface area (Å²) in [4.78, 5) is 30.5. The lowest BCUT2D eigenvalue weighted by Gasteiger charge is -2.32.